The van der Waals surface area contributed by atoms with Crippen molar-refractivity contribution in [3.63, 3.8) is 0 Å². The fourth-order valence-corrected chi connectivity index (χ4v) is 1.50. The van der Waals surface area contributed by atoms with Crippen molar-refractivity contribution in [3.8, 4) is 0 Å². The topological polar surface area (TPSA) is 21.3 Å². The first-order chi connectivity index (χ1) is 7.01. The Hall–Kier alpha value is -0.720. The van der Waals surface area contributed by atoms with Crippen LogP contribution in [0, 0.1) is 0 Å². The average Bonchev–Trinajstić information content (AvgIpc) is 2.14. The lowest BCUT2D eigenvalue weighted by Crippen LogP contribution is -2.10. The van der Waals surface area contributed by atoms with Crippen molar-refractivity contribution < 1.29 is 18.0 Å². The fourth-order valence-electron chi connectivity index (χ4n) is 0.964. The molecule has 84 valence electrons. The summed E-state index contributed by atoms with van der Waals surface area (Å²) in [6.45, 7) is 0.466. The highest BCUT2D eigenvalue weighted by Gasteiger charge is 2.28. The molecule has 2 nitrogen and oxygen atoms in total. The summed E-state index contributed by atoms with van der Waals surface area (Å²) < 4.78 is 35.9. The van der Waals surface area contributed by atoms with Crippen LogP contribution in [0.15, 0.2) is 29.2 Å². The Kier molecular flexibility index (Phi) is 4.44. The van der Waals surface area contributed by atoms with Gasteiger partial charge in [0, 0.05) is 11.4 Å². The number of halogens is 3. The van der Waals surface area contributed by atoms with E-state index in [2.05, 4.69) is 10.3 Å². The number of hydroxylamine groups is 1. The fraction of sp³-hybridized carbons (Fsp3) is 0.333. The van der Waals surface area contributed by atoms with E-state index in [-0.39, 0.29) is 16.7 Å². The largest absolute Gasteiger partial charge is 0.446 e. The molecule has 0 saturated heterocycles. The molecule has 0 radical (unpaired) electrons. The van der Waals surface area contributed by atoms with Gasteiger partial charge in [0.25, 0.3) is 0 Å². The van der Waals surface area contributed by atoms with Gasteiger partial charge in [0.2, 0.25) is 0 Å². The van der Waals surface area contributed by atoms with Gasteiger partial charge in [0.15, 0.2) is 0 Å². The van der Waals surface area contributed by atoms with Crippen molar-refractivity contribution in [1.29, 1.82) is 0 Å². The zero-order valence-electron chi connectivity index (χ0n) is 7.97. The summed E-state index contributed by atoms with van der Waals surface area (Å²) in [5, 5.41) is 0. The maximum absolute atomic E-state index is 12.0. The molecule has 0 aliphatic rings. The minimum absolute atomic E-state index is 0.118. The first-order valence-corrected chi connectivity index (χ1v) is 4.93. The van der Waals surface area contributed by atoms with Gasteiger partial charge < -0.3 is 4.84 Å². The van der Waals surface area contributed by atoms with Crippen molar-refractivity contribution in [1.82, 2.24) is 5.48 Å². The Bertz CT molecular complexity index is 299. The van der Waals surface area contributed by atoms with Crippen LogP contribution in [0.25, 0.3) is 0 Å². The third-order valence-electron chi connectivity index (χ3n) is 1.58. The van der Waals surface area contributed by atoms with Crippen molar-refractivity contribution in [2.75, 3.05) is 7.11 Å². The van der Waals surface area contributed by atoms with Crippen molar-refractivity contribution in [2.45, 2.75) is 16.9 Å². The number of hydrogen-bond acceptors (Lipinski definition) is 3. The van der Waals surface area contributed by atoms with Gasteiger partial charge in [0.05, 0.1) is 7.11 Å². The van der Waals surface area contributed by atoms with Crippen LogP contribution in [0.4, 0.5) is 13.2 Å². The minimum Gasteiger partial charge on any atom is -0.305 e. The van der Waals surface area contributed by atoms with Crippen LogP contribution in [-0.2, 0) is 11.4 Å². The number of nitrogens with one attached hydrogen (secondary N) is 1. The van der Waals surface area contributed by atoms with Gasteiger partial charge in [0.1, 0.15) is 0 Å². The van der Waals surface area contributed by atoms with E-state index < -0.39 is 5.51 Å². The Morgan fingerprint density at radius 3 is 2.33 bits per heavy atom. The van der Waals surface area contributed by atoms with E-state index in [1.54, 1.807) is 12.1 Å². The first kappa shape index (κ1) is 12.4. The second-order valence-corrected chi connectivity index (χ2v) is 3.86. The highest BCUT2D eigenvalue weighted by Crippen LogP contribution is 2.36. The SMILES string of the molecule is CONCc1ccc(SC(F)(F)F)cc1. The molecule has 0 spiro atoms. The van der Waals surface area contributed by atoms with Crippen LogP contribution in [-0.4, -0.2) is 12.6 Å². The standard InChI is InChI=1S/C9H10F3NOS/c1-14-13-6-7-2-4-8(5-3-7)15-9(10,11)12/h2-5,13H,6H2,1H3. The van der Waals surface area contributed by atoms with E-state index in [1.807, 2.05) is 0 Å². The highest BCUT2D eigenvalue weighted by molar-refractivity contribution is 8.00. The van der Waals surface area contributed by atoms with E-state index in [9.17, 15) is 13.2 Å². The number of benzene rings is 1. The van der Waals surface area contributed by atoms with E-state index in [4.69, 9.17) is 0 Å². The molecule has 0 unspecified atom stereocenters. The lowest BCUT2D eigenvalue weighted by molar-refractivity contribution is -0.0328. The van der Waals surface area contributed by atoms with E-state index in [0.717, 1.165) is 5.56 Å². The Balaban J connectivity index is 2.56. The Morgan fingerprint density at radius 2 is 1.87 bits per heavy atom. The van der Waals surface area contributed by atoms with E-state index >= 15 is 0 Å². The van der Waals surface area contributed by atoms with Crippen molar-refractivity contribution in [2.24, 2.45) is 0 Å². The highest BCUT2D eigenvalue weighted by atomic mass is 32.2. The minimum atomic E-state index is -4.23. The molecule has 0 atom stereocenters. The van der Waals surface area contributed by atoms with Crippen molar-refractivity contribution >= 4 is 11.8 Å². The van der Waals surface area contributed by atoms with Crippen LogP contribution >= 0.6 is 11.8 Å². The molecule has 1 N–H and O–H groups in total. The van der Waals surface area contributed by atoms with Crippen LogP contribution in [0.5, 0.6) is 0 Å². The molecule has 0 aliphatic heterocycles. The number of hydrogen-bond donors (Lipinski definition) is 1. The van der Waals surface area contributed by atoms with Crippen molar-refractivity contribution in [3.05, 3.63) is 29.8 Å². The second kappa shape index (κ2) is 5.39. The quantitative estimate of drug-likeness (QED) is 0.642. The molecule has 0 aliphatic carbocycles. The summed E-state index contributed by atoms with van der Waals surface area (Å²) in [7, 11) is 1.48. The van der Waals surface area contributed by atoms with Gasteiger partial charge in [-0.2, -0.15) is 18.7 Å². The molecule has 0 fully saturated rings. The molecule has 1 aromatic rings. The van der Waals surface area contributed by atoms with Crippen LogP contribution in [0.3, 0.4) is 0 Å². The molecule has 0 bridgehead atoms. The number of alkyl halides is 3. The normalized spacial score (nSPS) is 11.7. The monoisotopic (exact) mass is 237 g/mol. The predicted octanol–water partition coefficient (Wildman–Crippen LogP) is 2.95. The zero-order chi connectivity index (χ0) is 11.3. The zero-order valence-corrected chi connectivity index (χ0v) is 8.78. The molecule has 0 amide bonds. The summed E-state index contributed by atoms with van der Waals surface area (Å²) >= 11 is -0.118. The molecule has 15 heavy (non-hydrogen) atoms. The van der Waals surface area contributed by atoms with Crippen LogP contribution < -0.4 is 5.48 Å². The third-order valence-corrected chi connectivity index (χ3v) is 2.32. The average molecular weight is 237 g/mol. The molecule has 6 heteroatoms. The van der Waals surface area contributed by atoms with Gasteiger partial charge in [-0.05, 0) is 29.5 Å². The van der Waals surface area contributed by atoms with Gasteiger partial charge in [-0.15, -0.1) is 0 Å². The molecule has 1 aromatic carbocycles. The molecular formula is C9H10F3NOS. The molecule has 0 saturated carbocycles. The summed E-state index contributed by atoms with van der Waals surface area (Å²) in [4.78, 5) is 4.81. The predicted molar refractivity (Wildman–Crippen MR) is 52.2 cm³/mol. The maximum Gasteiger partial charge on any atom is 0.446 e. The van der Waals surface area contributed by atoms with E-state index in [1.165, 1.54) is 19.2 Å². The first-order valence-electron chi connectivity index (χ1n) is 4.12. The van der Waals surface area contributed by atoms with Gasteiger partial charge in [-0.3, -0.25) is 0 Å². The lowest BCUT2D eigenvalue weighted by atomic mass is 10.2. The number of thioether (sulfide) groups is 1. The van der Waals surface area contributed by atoms with Gasteiger partial charge in [-0.25, -0.2) is 0 Å². The second-order valence-electron chi connectivity index (χ2n) is 2.72. The Labute approximate surface area is 89.8 Å². The van der Waals surface area contributed by atoms with Gasteiger partial charge >= 0.3 is 5.51 Å². The summed E-state index contributed by atoms with van der Waals surface area (Å²) in [5.41, 5.74) is -0.762. The smallest absolute Gasteiger partial charge is 0.305 e. The lowest BCUT2D eigenvalue weighted by Gasteiger charge is -2.06. The Morgan fingerprint density at radius 1 is 1.27 bits per heavy atom. The van der Waals surface area contributed by atoms with Crippen LogP contribution in [0.1, 0.15) is 5.56 Å². The number of rotatable bonds is 4. The third kappa shape index (κ3) is 5.06. The molecule has 1 rings (SSSR count). The summed E-state index contributed by atoms with van der Waals surface area (Å²) in [6, 6.07) is 6.12. The summed E-state index contributed by atoms with van der Waals surface area (Å²) in [6.07, 6.45) is 0. The molecule has 0 heterocycles. The molecular weight excluding hydrogens is 227 g/mol. The summed E-state index contributed by atoms with van der Waals surface area (Å²) in [5.74, 6) is 0. The molecule has 0 aromatic heterocycles. The van der Waals surface area contributed by atoms with Crippen LogP contribution in [0.2, 0.25) is 0 Å². The maximum atomic E-state index is 12.0. The van der Waals surface area contributed by atoms with E-state index in [0.29, 0.717) is 6.54 Å². The van der Waals surface area contributed by atoms with Gasteiger partial charge in [-0.1, -0.05) is 12.1 Å².